The predicted molar refractivity (Wildman–Crippen MR) is 46.2 cm³/mol. The fourth-order valence-corrected chi connectivity index (χ4v) is 1.88. The minimum atomic E-state index is -3.92. The molecule has 0 unspecified atom stereocenters. The zero-order valence-corrected chi connectivity index (χ0v) is 7.99. The van der Waals surface area contributed by atoms with Gasteiger partial charge in [0.2, 0.25) is 0 Å². The Bertz CT molecular complexity index is 399. The molecule has 0 aliphatic heterocycles. The first-order valence-electron chi connectivity index (χ1n) is 2.85. The normalized spacial score (nSPS) is 11.5. The molecule has 1 N–H and O–H groups in total. The molecule has 1 rings (SSSR count). The van der Waals surface area contributed by atoms with Crippen LogP contribution in [-0.4, -0.2) is 13.5 Å². The Balaban J connectivity index is 3.47. The Morgan fingerprint density at radius 3 is 2.33 bits per heavy atom. The fraction of sp³-hybridized carbons (Fsp3) is 0. The summed E-state index contributed by atoms with van der Waals surface area (Å²) in [6, 6.07) is 3.92. The summed E-state index contributed by atoms with van der Waals surface area (Å²) in [5, 5.41) is 9.09. The lowest BCUT2D eigenvalue weighted by molar-refractivity contribution is 0.460. The number of halogens is 2. The van der Waals surface area contributed by atoms with E-state index in [-0.39, 0.29) is 9.92 Å². The van der Waals surface area contributed by atoms with E-state index in [4.69, 9.17) is 27.4 Å². The number of hydrogen-bond acceptors (Lipinski definition) is 3. The first kappa shape index (κ1) is 9.64. The van der Waals surface area contributed by atoms with Gasteiger partial charge in [-0.15, -0.1) is 0 Å². The van der Waals surface area contributed by atoms with Crippen molar-refractivity contribution < 1.29 is 13.5 Å². The fourth-order valence-electron chi connectivity index (χ4n) is 0.692. The molecule has 0 aliphatic rings. The Kier molecular flexibility index (Phi) is 2.51. The third kappa shape index (κ3) is 1.83. The van der Waals surface area contributed by atoms with Crippen molar-refractivity contribution in [2.75, 3.05) is 0 Å². The molecule has 12 heavy (non-hydrogen) atoms. The van der Waals surface area contributed by atoms with E-state index >= 15 is 0 Å². The molecule has 0 saturated carbocycles. The first-order valence-corrected chi connectivity index (χ1v) is 5.54. The van der Waals surface area contributed by atoms with E-state index in [1.165, 1.54) is 18.2 Å². The topological polar surface area (TPSA) is 54.4 Å². The molecule has 1 aromatic rings. The summed E-state index contributed by atoms with van der Waals surface area (Å²) in [5.41, 5.74) is 0. The van der Waals surface area contributed by atoms with Gasteiger partial charge in [0, 0.05) is 10.7 Å². The van der Waals surface area contributed by atoms with Crippen LogP contribution >= 0.6 is 22.3 Å². The van der Waals surface area contributed by atoms with Crippen molar-refractivity contribution in [3.05, 3.63) is 23.2 Å². The number of aromatic hydroxyl groups is 1. The standard InChI is InChI=1S/C6H4Cl2O3S/c7-4-2-1-3-5(6(4)9)12(8,10)11/h1-3,9H. The minimum absolute atomic E-state index is 0.0447. The van der Waals surface area contributed by atoms with Crippen LogP contribution in [0.2, 0.25) is 5.02 Å². The average Bonchev–Trinajstić information content (AvgIpc) is 1.92. The van der Waals surface area contributed by atoms with Gasteiger partial charge in [-0.05, 0) is 12.1 Å². The van der Waals surface area contributed by atoms with Crippen LogP contribution in [0.15, 0.2) is 23.1 Å². The van der Waals surface area contributed by atoms with Gasteiger partial charge < -0.3 is 5.11 Å². The second-order valence-corrected chi connectivity index (χ2v) is 4.97. The quantitative estimate of drug-likeness (QED) is 0.746. The molecule has 1 aromatic carbocycles. The molecular formula is C6H4Cl2O3S. The Labute approximate surface area is 79.0 Å². The van der Waals surface area contributed by atoms with Crippen LogP contribution in [-0.2, 0) is 9.05 Å². The van der Waals surface area contributed by atoms with Crippen molar-refractivity contribution >= 4 is 31.3 Å². The zero-order valence-electron chi connectivity index (χ0n) is 5.66. The molecule has 0 aromatic heterocycles. The molecule has 3 nitrogen and oxygen atoms in total. The summed E-state index contributed by atoms with van der Waals surface area (Å²) < 4.78 is 21.5. The summed E-state index contributed by atoms with van der Waals surface area (Å²) in [6.07, 6.45) is 0. The van der Waals surface area contributed by atoms with Crippen LogP contribution in [0.4, 0.5) is 0 Å². The minimum Gasteiger partial charge on any atom is -0.505 e. The molecule has 0 amide bonds. The van der Waals surface area contributed by atoms with Gasteiger partial charge >= 0.3 is 0 Å². The van der Waals surface area contributed by atoms with Crippen LogP contribution in [0.5, 0.6) is 5.75 Å². The monoisotopic (exact) mass is 226 g/mol. The SMILES string of the molecule is O=S(=O)(Cl)c1cccc(Cl)c1O. The van der Waals surface area contributed by atoms with E-state index < -0.39 is 14.8 Å². The largest absolute Gasteiger partial charge is 0.505 e. The molecule has 0 fully saturated rings. The maximum Gasteiger partial charge on any atom is 0.265 e. The highest BCUT2D eigenvalue weighted by molar-refractivity contribution is 8.13. The van der Waals surface area contributed by atoms with Crippen molar-refractivity contribution in [2.45, 2.75) is 4.90 Å². The van der Waals surface area contributed by atoms with E-state index in [2.05, 4.69) is 0 Å². The van der Waals surface area contributed by atoms with Crippen molar-refractivity contribution in [2.24, 2.45) is 0 Å². The highest BCUT2D eigenvalue weighted by atomic mass is 35.7. The summed E-state index contributed by atoms with van der Waals surface area (Å²) in [6.45, 7) is 0. The molecule has 0 atom stereocenters. The molecule has 66 valence electrons. The van der Waals surface area contributed by atoms with Gasteiger partial charge in [-0.25, -0.2) is 8.42 Å². The van der Waals surface area contributed by atoms with Crippen LogP contribution in [0.1, 0.15) is 0 Å². The average molecular weight is 227 g/mol. The Hall–Kier alpha value is -0.450. The number of rotatable bonds is 1. The first-order chi connectivity index (χ1) is 5.43. The number of hydrogen-bond donors (Lipinski definition) is 1. The van der Waals surface area contributed by atoms with E-state index in [1.54, 1.807) is 0 Å². The molecule has 0 heterocycles. The predicted octanol–water partition coefficient (Wildman–Crippen LogP) is 1.97. The maximum absolute atomic E-state index is 10.8. The molecular weight excluding hydrogens is 223 g/mol. The molecule has 0 bridgehead atoms. The third-order valence-electron chi connectivity index (χ3n) is 1.21. The van der Waals surface area contributed by atoms with E-state index in [0.717, 1.165) is 0 Å². The number of phenols is 1. The zero-order chi connectivity index (χ0) is 9.35. The van der Waals surface area contributed by atoms with Crippen LogP contribution in [0.3, 0.4) is 0 Å². The highest BCUT2D eigenvalue weighted by Crippen LogP contribution is 2.32. The molecule has 0 aliphatic carbocycles. The smallest absolute Gasteiger partial charge is 0.265 e. The second-order valence-electron chi connectivity index (χ2n) is 2.02. The van der Waals surface area contributed by atoms with Crippen molar-refractivity contribution in [3.8, 4) is 5.75 Å². The lowest BCUT2D eigenvalue weighted by Crippen LogP contribution is -1.90. The second kappa shape index (κ2) is 3.12. The van der Waals surface area contributed by atoms with Crippen molar-refractivity contribution in [1.82, 2.24) is 0 Å². The summed E-state index contributed by atoms with van der Waals surface area (Å²) in [7, 11) is 1.07. The van der Waals surface area contributed by atoms with Gasteiger partial charge in [0.1, 0.15) is 4.90 Å². The third-order valence-corrected chi connectivity index (χ3v) is 2.87. The number of benzene rings is 1. The van der Waals surface area contributed by atoms with Crippen molar-refractivity contribution in [3.63, 3.8) is 0 Å². The molecule has 6 heteroatoms. The van der Waals surface area contributed by atoms with Gasteiger partial charge in [-0.2, -0.15) is 0 Å². The summed E-state index contributed by atoms with van der Waals surface area (Å²) in [5.74, 6) is -0.519. The Morgan fingerprint density at radius 1 is 1.33 bits per heavy atom. The number of para-hydroxylation sites is 1. The number of phenolic OH excluding ortho intramolecular Hbond substituents is 1. The van der Waals surface area contributed by atoms with Gasteiger partial charge in [0.05, 0.1) is 5.02 Å². The molecule has 0 saturated heterocycles. The lowest BCUT2D eigenvalue weighted by atomic mass is 10.3. The maximum atomic E-state index is 10.8. The van der Waals surface area contributed by atoms with Crippen LogP contribution in [0, 0.1) is 0 Å². The summed E-state index contributed by atoms with van der Waals surface area (Å²) in [4.78, 5) is -0.378. The van der Waals surface area contributed by atoms with Crippen LogP contribution in [0.25, 0.3) is 0 Å². The van der Waals surface area contributed by atoms with E-state index in [0.29, 0.717) is 0 Å². The lowest BCUT2D eigenvalue weighted by Gasteiger charge is -2.00. The molecule has 0 radical (unpaired) electrons. The van der Waals surface area contributed by atoms with E-state index in [1.807, 2.05) is 0 Å². The molecule has 0 spiro atoms. The van der Waals surface area contributed by atoms with Gasteiger partial charge in [-0.1, -0.05) is 17.7 Å². The summed E-state index contributed by atoms with van der Waals surface area (Å²) >= 11 is 5.45. The Morgan fingerprint density at radius 2 is 1.92 bits per heavy atom. The van der Waals surface area contributed by atoms with Gasteiger partial charge in [-0.3, -0.25) is 0 Å². The van der Waals surface area contributed by atoms with Crippen molar-refractivity contribution in [1.29, 1.82) is 0 Å². The van der Waals surface area contributed by atoms with Gasteiger partial charge in [0.15, 0.2) is 5.75 Å². The van der Waals surface area contributed by atoms with Gasteiger partial charge in [0.25, 0.3) is 9.05 Å². The van der Waals surface area contributed by atoms with E-state index in [9.17, 15) is 8.42 Å². The van der Waals surface area contributed by atoms with Crippen LogP contribution < -0.4 is 0 Å². The highest BCUT2D eigenvalue weighted by Gasteiger charge is 2.16.